The number of hydrogen-bond acceptors (Lipinski definition) is 2. The summed E-state index contributed by atoms with van der Waals surface area (Å²) in [5.74, 6) is -0.135. The maximum absolute atomic E-state index is 12.5. The van der Waals surface area contributed by atoms with Gasteiger partial charge in [-0.1, -0.05) is 47.5 Å². The molecule has 0 spiro atoms. The normalized spacial score (nSPS) is 10.4. The number of aryl methyl sites for hydroxylation is 1. The van der Waals surface area contributed by atoms with Crippen molar-refractivity contribution in [3.05, 3.63) is 57.6 Å². The topological polar surface area (TPSA) is 55.1 Å². The molecule has 0 aliphatic heterocycles. The highest BCUT2D eigenvalue weighted by atomic mass is 79.9. The van der Waals surface area contributed by atoms with Gasteiger partial charge in [0.05, 0.1) is 0 Å². The van der Waals surface area contributed by atoms with Crippen molar-refractivity contribution in [3.63, 3.8) is 0 Å². The summed E-state index contributed by atoms with van der Waals surface area (Å²) in [6.07, 6.45) is 1.98. The summed E-state index contributed by atoms with van der Waals surface area (Å²) in [5.41, 5.74) is 9.92. The number of rotatable bonds is 4. The lowest BCUT2D eigenvalue weighted by molar-refractivity contribution is 0.102. The van der Waals surface area contributed by atoms with E-state index in [2.05, 4.69) is 28.2 Å². The van der Waals surface area contributed by atoms with Crippen molar-refractivity contribution < 1.29 is 4.79 Å². The van der Waals surface area contributed by atoms with Gasteiger partial charge >= 0.3 is 0 Å². The van der Waals surface area contributed by atoms with Gasteiger partial charge in [0.15, 0.2) is 0 Å². The molecule has 2 aromatic carbocycles. The highest BCUT2D eigenvalue weighted by Gasteiger charge is 2.13. The lowest BCUT2D eigenvalue weighted by Gasteiger charge is -2.13. The molecule has 0 aliphatic carbocycles. The third-order valence-electron chi connectivity index (χ3n) is 3.44. The molecule has 0 atom stereocenters. The molecule has 2 rings (SSSR count). The molecule has 0 radical (unpaired) electrons. The minimum atomic E-state index is -0.135. The Morgan fingerprint density at radius 3 is 2.71 bits per heavy atom. The van der Waals surface area contributed by atoms with E-state index in [1.807, 2.05) is 31.2 Å². The number of amides is 1. The SMILES string of the molecule is CCCc1ccccc1NC(=O)c1cc(Br)cc(N)c1C. The van der Waals surface area contributed by atoms with Gasteiger partial charge in [0.1, 0.15) is 0 Å². The van der Waals surface area contributed by atoms with Crippen LogP contribution in [0.1, 0.15) is 34.8 Å². The third kappa shape index (κ3) is 3.64. The summed E-state index contributed by atoms with van der Waals surface area (Å²) < 4.78 is 0.803. The molecule has 0 unspecified atom stereocenters. The van der Waals surface area contributed by atoms with Crippen LogP contribution in [-0.4, -0.2) is 5.91 Å². The van der Waals surface area contributed by atoms with Crippen molar-refractivity contribution in [2.75, 3.05) is 11.1 Å². The number of halogens is 1. The predicted octanol–water partition coefficient (Wildman–Crippen LogP) is 4.54. The Morgan fingerprint density at radius 1 is 1.29 bits per heavy atom. The highest BCUT2D eigenvalue weighted by molar-refractivity contribution is 9.10. The Balaban J connectivity index is 2.31. The molecule has 0 fully saturated rings. The van der Waals surface area contributed by atoms with E-state index in [4.69, 9.17) is 5.73 Å². The molecule has 0 saturated carbocycles. The van der Waals surface area contributed by atoms with E-state index in [1.54, 1.807) is 12.1 Å². The molecule has 0 heterocycles. The van der Waals surface area contributed by atoms with E-state index in [0.717, 1.165) is 34.1 Å². The zero-order valence-corrected chi connectivity index (χ0v) is 13.8. The second-order valence-corrected chi connectivity index (χ2v) is 5.94. The standard InChI is InChI=1S/C17H19BrN2O/c1-3-6-12-7-4-5-8-16(12)20-17(21)14-9-13(18)10-15(19)11(14)2/h4-5,7-10H,3,6,19H2,1-2H3,(H,20,21). The van der Waals surface area contributed by atoms with Gasteiger partial charge in [0.2, 0.25) is 0 Å². The Kier molecular flexibility index (Phi) is 5.02. The van der Waals surface area contributed by atoms with Gasteiger partial charge in [0.25, 0.3) is 5.91 Å². The Hall–Kier alpha value is -1.81. The van der Waals surface area contributed by atoms with Crippen LogP contribution in [-0.2, 0) is 6.42 Å². The van der Waals surface area contributed by atoms with Crippen LogP contribution in [0.15, 0.2) is 40.9 Å². The van der Waals surface area contributed by atoms with E-state index in [9.17, 15) is 4.79 Å². The number of carbonyl (C=O) groups excluding carboxylic acids is 1. The smallest absolute Gasteiger partial charge is 0.256 e. The molecule has 1 amide bonds. The summed E-state index contributed by atoms with van der Waals surface area (Å²) >= 11 is 3.38. The van der Waals surface area contributed by atoms with Crippen LogP contribution >= 0.6 is 15.9 Å². The minimum Gasteiger partial charge on any atom is -0.398 e. The zero-order chi connectivity index (χ0) is 15.4. The summed E-state index contributed by atoms with van der Waals surface area (Å²) in [5, 5.41) is 2.99. The maximum atomic E-state index is 12.5. The van der Waals surface area contributed by atoms with Crippen LogP contribution in [0.5, 0.6) is 0 Å². The predicted molar refractivity (Wildman–Crippen MR) is 91.7 cm³/mol. The molecule has 4 heteroatoms. The maximum Gasteiger partial charge on any atom is 0.256 e. The highest BCUT2D eigenvalue weighted by Crippen LogP contribution is 2.24. The fraction of sp³-hybridized carbons (Fsp3) is 0.235. The first-order valence-corrected chi connectivity index (χ1v) is 7.77. The molecule has 3 nitrogen and oxygen atoms in total. The van der Waals surface area contributed by atoms with Crippen molar-refractivity contribution in [3.8, 4) is 0 Å². The monoisotopic (exact) mass is 346 g/mol. The first kappa shape index (κ1) is 15.6. The number of nitrogens with two attached hydrogens (primary N) is 1. The molecular weight excluding hydrogens is 328 g/mol. The lowest BCUT2D eigenvalue weighted by atomic mass is 10.0. The van der Waals surface area contributed by atoms with Crippen molar-refractivity contribution >= 4 is 33.2 Å². The van der Waals surface area contributed by atoms with Crippen LogP contribution < -0.4 is 11.1 Å². The minimum absolute atomic E-state index is 0.135. The average Bonchev–Trinajstić information content (AvgIpc) is 2.45. The average molecular weight is 347 g/mol. The number of benzene rings is 2. The molecular formula is C17H19BrN2O. The van der Waals surface area contributed by atoms with Crippen LogP contribution in [0, 0.1) is 6.92 Å². The molecule has 0 bridgehead atoms. The molecule has 0 saturated heterocycles. The van der Waals surface area contributed by atoms with Gasteiger partial charge in [-0.15, -0.1) is 0 Å². The molecule has 21 heavy (non-hydrogen) atoms. The molecule has 2 aromatic rings. The lowest BCUT2D eigenvalue weighted by Crippen LogP contribution is -2.15. The first-order chi connectivity index (χ1) is 10.0. The van der Waals surface area contributed by atoms with E-state index in [-0.39, 0.29) is 5.91 Å². The number of para-hydroxylation sites is 1. The van der Waals surface area contributed by atoms with Gasteiger partial charge in [-0.05, 0) is 42.7 Å². The first-order valence-electron chi connectivity index (χ1n) is 6.97. The number of carbonyl (C=O) groups is 1. The Labute approximate surface area is 133 Å². The summed E-state index contributed by atoms with van der Waals surface area (Å²) in [6.45, 7) is 3.98. The largest absolute Gasteiger partial charge is 0.398 e. The van der Waals surface area contributed by atoms with Gasteiger partial charge in [-0.2, -0.15) is 0 Å². The molecule has 0 aliphatic rings. The van der Waals surface area contributed by atoms with Crippen LogP contribution in [0.2, 0.25) is 0 Å². The third-order valence-corrected chi connectivity index (χ3v) is 3.90. The number of nitrogen functional groups attached to an aromatic ring is 1. The van der Waals surface area contributed by atoms with Crippen molar-refractivity contribution in [1.29, 1.82) is 0 Å². The van der Waals surface area contributed by atoms with E-state index < -0.39 is 0 Å². The summed E-state index contributed by atoms with van der Waals surface area (Å²) in [4.78, 5) is 12.5. The van der Waals surface area contributed by atoms with Crippen LogP contribution in [0.3, 0.4) is 0 Å². The molecule has 3 N–H and O–H groups in total. The van der Waals surface area contributed by atoms with E-state index in [0.29, 0.717) is 11.3 Å². The number of hydrogen-bond donors (Lipinski definition) is 2. The number of nitrogens with one attached hydrogen (secondary N) is 1. The van der Waals surface area contributed by atoms with Crippen molar-refractivity contribution in [2.24, 2.45) is 0 Å². The Morgan fingerprint density at radius 2 is 2.00 bits per heavy atom. The van der Waals surface area contributed by atoms with Gasteiger partial charge in [-0.25, -0.2) is 0 Å². The van der Waals surface area contributed by atoms with Gasteiger partial charge in [-0.3, -0.25) is 4.79 Å². The summed E-state index contributed by atoms with van der Waals surface area (Å²) in [6, 6.07) is 11.5. The summed E-state index contributed by atoms with van der Waals surface area (Å²) in [7, 11) is 0. The van der Waals surface area contributed by atoms with Crippen molar-refractivity contribution in [2.45, 2.75) is 26.7 Å². The fourth-order valence-corrected chi connectivity index (χ4v) is 2.73. The van der Waals surface area contributed by atoms with E-state index in [1.165, 1.54) is 0 Å². The number of anilines is 2. The van der Waals surface area contributed by atoms with Gasteiger partial charge < -0.3 is 11.1 Å². The Bertz CT molecular complexity index is 668. The molecule has 0 aromatic heterocycles. The molecule has 110 valence electrons. The van der Waals surface area contributed by atoms with E-state index >= 15 is 0 Å². The second kappa shape index (κ2) is 6.76. The van der Waals surface area contributed by atoms with Crippen molar-refractivity contribution in [1.82, 2.24) is 0 Å². The fourth-order valence-electron chi connectivity index (χ4n) is 2.26. The van der Waals surface area contributed by atoms with Crippen LogP contribution in [0.4, 0.5) is 11.4 Å². The quantitative estimate of drug-likeness (QED) is 0.798. The second-order valence-electron chi connectivity index (χ2n) is 5.03. The van der Waals surface area contributed by atoms with Crippen LogP contribution in [0.25, 0.3) is 0 Å². The zero-order valence-electron chi connectivity index (χ0n) is 12.2. The van der Waals surface area contributed by atoms with Gasteiger partial charge in [0, 0.05) is 21.4 Å².